The molecule has 0 fully saturated rings. The van der Waals surface area contributed by atoms with Crippen molar-refractivity contribution in [3.05, 3.63) is 63.6 Å². The maximum absolute atomic E-state index is 12.1. The van der Waals surface area contributed by atoms with Gasteiger partial charge in [0.05, 0.1) is 0 Å². The Morgan fingerprint density at radius 1 is 1.16 bits per heavy atom. The highest BCUT2D eigenvalue weighted by atomic mass is 79.9. The van der Waals surface area contributed by atoms with Crippen molar-refractivity contribution in [3.63, 3.8) is 0 Å². The number of hydrogen-bond acceptors (Lipinski definition) is 1. The van der Waals surface area contributed by atoms with Crippen LogP contribution in [0.5, 0.6) is 0 Å². The van der Waals surface area contributed by atoms with Gasteiger partial charge in [0.1, 0.15) is 0 Å². The maximum atomic E-state index is 12.1. The number of aryl methyl sites for hydroxylation is 1. The van der Waals surface area contributed by atoms with Gasteiger partial charge in [-0.1, -0.05) is 44.0 Å². The first-order valence-corrected chi connectivity index (χ1v) is 7.74. The van der Waals surface area contributed by atoms with Crippen molar-refractivity contribution in [3.8, 4) is 0 Å². The zero-order chi connectivity index (χ0) is 13.8. The average Bonchev–Trinajstić information content (AvgIpc) is 2.42. The van der Waals surface area contributed by atoms with Crippen molar-refractivity contribution in [2.45, 2.75) is 12.3 Å². The molecule has 0 unspecified atom stereocenters. The molecule has 2 aromatic carbocycles. The lowest BCUT2D eigenvalue weighted by Crippen LogP contribution is -2.12. The Kier molecular flexibility index (Phi) is 4.77. The zero-order valence-corrected chi connectivity index (χ0v) is 13.6. The number of benzene rings is 2. The standard InChI is InChI=1S/C15H13Br2NO/c1-10-8-13(17)6-7-14(10)18-15(19)12-4-2-11(9-16)3-5-12/h2-8H,9H2,1H3,(H,18,19). The van der Waals surface area contributed by atoms with E-state index >= 15 is 0 Å². The third kappa shape index (κ3) is 3.67. The SMILES string of the molecule is Cc1cc(Br)ccc1NC(=O)c1ccc(CBr)cc1. The second-order valence-corrected chi connectivity index (χ2v) is 5.72. The molecule has 0 aromatic heterocycles. The van der Waals surface area contributed by atoms with Crippen molar-refractivity contribution in [2.24, 2.45) is 0 Å². The predicted octanol–water partition coefficient (Wildman–Crippen LogP) is 4.90. The fourth-order valence-electron chi connectivity index (χ4n) is 1.71. The van der Waals surface area contributed by atoms with E-state index in [4.69, 9.17) is 0 Å². The van der Waals surface area contributed by atoms with E-state index in [1.807, 2.05) is 49.4 Å². The second kappa shape index (κ2) is 6.35. The fourth-order valence-corrected chi connectivity index (χ4v) is 2.56. The van der Waals surface area contributed by atoms with Crippen LogP contribution in [0.3, 0.4) is 0 Å². The zero-order valence-electron chi connectivity index (χ0n) is 10.4. The van der Waals surface area contributed by atoms with Gasteiger partial charge in [0.15, 0.2) is 0 Å². The van der Waals surface area contributed by atoms with Crippen LogP contribution in [0.2, 0.25) is 0 Å². The molecule has 19 heavy (non-hydrogen) atoms. The van der Waals surface area contributed by atoms with Gasteiger partial charge in [0, 0.05) is 21.1 Å². The summed E-state index contributed by atoms with van der Waals surface area (Å²) in [6, 6.07) is 13.3. The molecule has 0 radical (unpaired) electrons. The molecule has 0 aliphatic carbocycles. The van der Waals surface area contributed by atoms with Crippen LogP contribution >= 0.6 is 31.9 Å². The fraction of sp³-hybridized carbons (Fsp3) is 0.133. The van der Waals surface area contributed by atoms with E-state index < -0.39 is 0 Å². The summed E-state index contributed by atoms with van der Waals surface area (Å²) in [5, 5.41) is 3.71. The number of carbonyl (C=O) groups excluding carboxylic acids is 1. The molecule has 1 amide bonds. The second-order valence-electron chi connectivity index (χ2n) is 4.24. The van der Waals surface area contributed by atoms with Gasteiger partial charge < -0.3 is 5.32 Å². The van der Waals surface area contributed by atoms with Crippen molar-refractivity contribution in [2.75, 3.05) is 5.32 Å². The summed E-state index contributed by atoms with van der Waals surface area (Å²) in [7, 11) is 0. The Hall–Kier alpha value is -1.13. The number of carbonyl (C=O) groups is 1. The molecule has 1 N–H and O–H groups in total. The Balaban J connectivity index is 2.15. The van der Waals surface area contributed by atoms with Crippen molar-refractivity contribution in [1.29, 1.82) is 0 Å². The summed E-state index contributed by atoms with van der Waals surface area (Å²) in [4.78, 5) is 12.1. The van der Waals surface area contributed by atoms with Crippen molar-refractivity contribution in [1.82, 2.24) is 0 Å². The Labute approximate surface area is 129 Å². The Morgan fingerprint density at radius 2 is 1.84 bits per heavy atom. The highest BCUT2D eigenvalue weighted by Crippen LogP contribution is 2.20. The molecule has 0 saturated carbocycles. The number of alkyl halides is 1. The van der Waals surface area contributed by atoms with Crippen LogP contribution in [0.15, 0.2) is 46.9 Å². The highest BCUT2D eigenvalue weighted by molar-refractivity contribution is 9.10. The molecule has 0 spiro atoms. The molecule has 98 valence electrons. The van der Waals surface area contributed by atoms with Crippen LogP contribution in [0, 0.1) is 6.92 Å². The van der Waals surface area contributed by atoms with Gasteiger partial charge in [-0.25, -0.2) is 0 Å². The topological polar surface area (TPSA) is 29.1 Å². The Bertz CT molecular complexity index is 594. The smallest absolute Gasteiger partial charge is 0.255 e. The quantitative estimate of drug-likeness (QED) is 0.751. The average molecular weight is 383 g/mol. The lowest BCUT2D eigenvalue weighted by molar-refractivity contribution is 0.102. The van der Waals surface area contributed by atoms with Crippen LogP contribution in [0.25, 0.3) is 0 Å². The minimum Gasteiger partial charge on any atom is -0.322 e. The lowest BCUT2D eigenvalue weighted by atomic mass is 10.1. The van der Waals surface area contributed by atoms with Gasteiger partial charge >= 0.3 is 0 Å². The van der Waals surface area contributed by atoms with E-state index in [1.165, 1.54) is 0 Å². The predicted molar refractivity (Wildman–Crippen MR) is 85.9 cm³/mol. The van der Waals surface area contributed by atoms with Crippen molar-refractivity contribution < 1.29 is 4.79 Å². The molecule has 2 aromatic rings. The van der Waals surface area contributed by atoms with Crippen LogP contribution in [0.4, 0.5) is 5.69 Å². The summed E-state index contributed by atoms with van der Waals surface area (Å²) in [6.45, 7) is 1.97. The molecule has 0 bridgehead atoms. The van der Waals surface area contributed by atoms with E-state index in [0.29, 0.717) is 5.56 Å². The number of amides is 1. The molecule has 0 heterocycles. The van der Waals surface area contributed by atoms with Crippen LogP contribution in [-0.4, -0.2) is 5.91 Å². The van der Waals surface area contributed by atoms with Crippen LogP contribution in [0.1, 0.15) is 21.5 Å². The molecular weight excluding hydrogens is 370 g/mol. The summed E-state index contributed by atoms with van der Waals surface area (Å²) in [6.07, 6.45) is 0. The van der Waals surface area contributed by atoms with Crippen LogP contribution in [-0.2, 0) is 5.33 Å². The molecule has 2 nitrogen and oxygen atoms in total. The lowest BCUT2D eigenvalue weighted by Gasteiger charge is -2.09. The first-order valence-electron chi connectivity index (χ1n) is 5.82. The highest BCUT2D eigenvalue weighted by Gasteiger charge is 2.07. The third-order valence-corrected chi connectivity index (χ3v) is 3.95. The summed E-state index contributed by atoms with van der Waals surface area (Å²) >= 11 is 6.79. The van der Waals surface area contributed by atoms with E-state index in [9.17, 15) is 4.79 Å². The largest absolute Gasteiger partial charge is 0.322 e. The number of nitrogens with one attached hydrogen (secondary N) is 1. The van der Waals surface area contributed by atoms with Gasteiger partial charge in [-0.3, -0.25) is 4.79 Å². The van der Waals surface area contributed by atoms with E-state index in [1.54, 1.807) is 0 Å². The molecular formula is C15H13Br2NO. The number of halogens is 2. The van der Waals surface area contributed by atoms with E-state index in [0.717, 1.165) is 26.6 Å². The minimum atomic E-state index is -0.0912. The van der Waals surface area contributed by atoms with Gasteiger partial charge in [0.25, 0.3) is 5.91 Å². The summed E-state index contributed by atoms with van der Waals surface area (Å²) in [5.74, 6) is -0.0912. The van der Waals surface area contributed by atoms with Gasteiger partial charge in [-0.2, -0.15) is 0 Å². The molecule has 4 heteroatoms. The van der Waals surface area contributed by atoms with Crippen molar-refractivity contribution >= 4 is 43.5 Å². The Morgan fingerprint density at radius 3 is 2.42 bits per heavy atom. The first-order chi connectivity index (χ1) is 9.10. The molecule has 0 saturated heterocycles. The normalized spacial score (nSPS) is 10.3. The third-order valence-electron chi connectivity index (χ3n) is 2.81. The van der Waals surface area contributed by atoms with Gasteiger partial charge in [-0.15, -0.1) is 0 Å². The van der Waals surface area contributed by atoms with Crippen LogP contribution < -0.4 is 5.32 Å². The van der Waals surface area contributed by atoms with E-state index in [-0.39, 0.29) is 5.91 Å². The minimum absolute atomic E-state index is 0.0912. The molecule has 2 rings (SSSR count). The maximum Gasteiger partial charge on any atom is 0.255 e. The monoisotopic (exact) mass is 381 g/mol. The molecule has 0 aliphatic rings. The van der Waals surface area contributed by atoms with Gasteiger partial charge in [-0.05, 0) is 48.4 Å². The summed E-state index contributed by atoms with van der Waals surface area (Å²) < 4.78 is 1.00. The first kappa shape index (κ1) is 14.3. The molecule has 0 atom stereocenters. The van der Waals surface area contributed by atoms with E-state index in [2.05, 4.69) is 37.2 Å². The number of anilines is 1. The van der Waals surface area contributed by atoms with Gasteiger partial charge in [0.2, 0.25) is 0 Å². The number of hydrogen-bond donors (Lipinski definition) is 1. The molecule has 0 aliphatic heterocycles. The summed E-state index contributed by atoms with van der Waals surface area (Å²) in [5.41, 5.74) is 3.67. The number of rotatable bonds is 3.